The molecule has 1 fully saturated rings. The van der Waals surface area contributed by atoms with Crippen LogP contribution in [0, 0.1) is 0 Å². The molecule has 1 atom stereocenters. The van der Waals surface area contributed by atoms with E-state index < -0.39 is 6.04 Å². The zero-order chi connectivity index (χ0) is 26.3. The van der Waals surface area contributed by atoms with Crippen molar-refractivity contribution in [1.82, 2.24) is 15.5 Å². The first-order valence-corrected chi connectivity index (χ1v) is 14.4. The Morgan fingerprint density at radius 1 is 0.974 bits per heavy atom. The van der Waals surface area contributed by atoms with Crippen molar-refractivity contribution < 1.29 is 14.4 Å². The van der Waals surface area contributed by atoms with E-state index in [1.807, 2.05) is 54.6 Å². The molecule has 198 valence electrons. The largest absolute Gasteiger partial charge is 0.356 e. The van der Waals surface area contributed by atoms with Gasteiger partial charge in [-0.3, -0.25) is 19.4 Å². The Morgan fingerprint density at radius 2 is 1.74 bits per heavy atom. The first kappa shape index (κ1) is 26.2. The van der Waals surface area contributed by atoms with Gasteiger partial charge in [0.05, 0.1) is 11.4 Å². The molecule has 0 spiro atoms. The third-order valence-electron chi connectivity index (χ3n) is 7.07. The lowest BCUT2D eigenvalue weighted by molar-refractivity contribution is -0.125. The molecule has 0 aromatic heterocycles. The number of carbonyl (C=O) groups excluding carboxylic acids is 3. The zero-order valence-corrected chi connectivity index (χ0v) is 22.2. The minimum Gasteiger partial charge on any atom is -0.356 e. The molecule has 1 aliphatic carbocycles. The Balaban J connectivity index is 1.19. The van der Waals surface area contributed by atoms with Crippen LogP contribution in [-0.4, -0.2) is 58.0 Å². The van der Waals surface area contributed by atoms with Crippen LogP contribution in [0.1, 0.15) is 56.1 Å². The molecule has 1 saturated carbocycles. The van der Waals surface area contributed by atoms with Crippen LogP contribution in [-0.2, 0) is 20.8 Å². The normalized spacial score (nSPS) is 18.8. The van der Waals surface area contributed by atoms with Gasteiger partial charge < -0.3 is 10.6 Å². The summed E-state index contributed by atoms with van der Waals surface area (Å²) in [6.45, 7) is 0.547. The Labute approximate surface area is 227 Å². The van der Waals surface area contributed by atoms with E-state index in [4.69, 9.17) is 9.98 Å². The highest BCUT2D eigenvalue weighted by atomic mass is 32.2. The number of nitrogens with one attached hydrogen (secondary N) is 2. The predicted octanol–water partition coefficient (Wildman–Crippen LogP) is 3.97. The van der Waals surface area contributed by atoms with E-state index in [9.17, 15) is 14.4 Å². The van der Waals surface area contributed by atoms with Crippen LogP contribution >= 0.6 is 11.8 Å². The Kier molecular flexibility index (Phi) is 8.53. The number of benzene rings is 2. The van der Waals surface area contributed by atoms with Crippen molar-refractivity contribution in [2.24, 2.45) is 9.98 Å². The van der Waals surface area contributed by atoms with Gasteiger partial charge in [-0.05, 0) is 43.4 Å². The SMILES string of the molecule is O=C(CC[C@@H]1N=C2c3ccccc3N=C(SCC(=O)NC3CCCCC3)N2C1=O)NCCc1ccccc1. The Bertz CT molecular complexity index is 1240. The molecule has 2 heterocycles. The van der Waals surface area contributed by atoms with E-state index in [-0.39, 0.29) is 35.9 Å². The molecular formula is C29H33N5O3S. The second-order valence-corrected chi connectivity index (χ2v) is 10.8. The van der Waals surface area contributed by atoms with Crippen molar-refractivity contribution in [3.05, 3.63) is 65.7 Å². The maximum atomic E-state index is 13.4. The third-order valence-corrected chi connectivity index (χ3v) is 8.01. The molecule has 3 amide bonds. The van der Waals surface area contributed by atoms with E-state index in [2.05, 4.69) is 10.6 Å². The maximum absolute atomic E-state index is 13.4. The van der Waals surface area contributed by atoms with E-state index in [0.717, 1.165) is 48.9 Å². The molecular weight excluding hydrogens is 498 g/mol. The number of hydrogen-bond acceptors (Lipinski definition) is 6. The van der Waals surface area contributed by atoms with Gasteiger partial charge in [0.25, 0.3) is 5.91 Å². The minimum absolute atomic E-state index is 0.0442. The molecule has 0 bridgehead atoms. The van der Waals surface area contributed by atoms with Gasteiger partial charge in [0.15, 0.2) is 5.17 Å². The monoisotopic (exact) mass is 531 g/mol. The topological polar surface area (TPSA) is 103 Å². The molecule has 9 heteroatoms. The minimum atomic E-state index is -0.655. The van der Waals surface area contributed by atoms with Gasteiger partial charge in [0.2, 0.25) is 11.8 Å². The Hall–Kier alpha value is -3.46. The first-order valence-electron chi connectivity index (χ1n) is 13.4. The summed E-state index contributed by atoms with van der Waals surface area (Å²) in [5.41, 5.74) is 2.67. The number of carbonyl (C=O) groups is 3. The van der Waals surface area contributed by atoms with Gasteiger partial charge in [-0.15, -0.1) is 0 Å². The standard InChI is InChI=1S/C29H33N5O3S/c35-25(30-18-17-20-9-3-1-4-10-20)16-15-24-28(37)34-27(32-24)22-13-7-8-14-23(22)33-29(34)38-19-26(36)31-21-11-5-2-6-12-21/h1,3-4,7-10,13-14,21,24H,2,5-6,11-12,15-19H2,(H,30,35)(H,31,36)/t24-/m0/s1. The van der Waals surface area contributed by atoms with Crippen LogP contribution in [0.3, 0.4) is 0 Å². The van der Waals surface area contributed by atoms with Gasteiger partial charge in [-0.2, -0.15) is 0 Å². The molecule has 2 aromatic rings. The molecule has 3 aliphatic rings. The van der Waals surface area contributed by atoms with Crippen LogP contribution < -0.4 is 10.6 Å². The lowest BCUT2D eigenvalue weighted by atomic mass is 9.95. The molecule has 0 unspecified atom stereocenters. The number of rotatable bonds is 9. The van der Waals surface area contributed by atoms with E-state index in [1.54, 1.807) is 0 Å². The average molecular weight is 532 g/mol. The fraction of sp³-hybridized carbons (Fsp3) is 0.414. The summed E-state index contributed by atoms with van der Waals surface area (Å²) in [6.07, 6.45) is 6.85. The molecule has 2 aromatic carbocycles. The molecule has 5 rings (SSSR count). The second-order valence-electron chi connectivity index (χ2n) is 9.87. The van der Waals surface area contributed by atoms with Crippen molar-refractivity contribution in [2.45, 2.75) is 63.5 Å². The molecule has 2 aliphatic heterocycles. The lowest BCUT2D eigenvalue weighted by Gasteiger charge is -2.26. The van der Waals surface area contributed by atoms with E-state index in [1.165, 1.54) is 23.1 Å². The van der Waals surface area contributed by atoms with Crippen LogP contribution in [0.25, 0.3) is 0 Å². The summed E-state index contributed by atoms with van der Waals surface area (Å²) >= 11 is 1.26. The molecule has 38 heavy (non-hydrogen) atoms. The van der Waals surface area contributed by atoms with Crippen molar-refractivity contribution in [1.29, 1.82) is 0 Å². The van der Waals surface area contributed by atoms with E-state index in [0.29, 0.717) is 24.0 Å². The lowest BCUT2D eigenvalue weighted by Crippen LogP contribution is -2.42. The van der Waals surface area contributed by atoms with Crippen molar-refractivity contribution in [3.63, 3.8) is 0 Å². The van der Waals surface area contributed by atoms with E-state index >= 15 is 0 Å². The van der Waals surface area contributed by atoms with Crippen LogP contribution in [0.15, 0.2) is 64.6 Å². The van der Waals surface area contributed by atoms with Crippen molar-refractivity contribution in [2.75, 3.05) is 12.3 Å². The highest BCUT2D eigenvalue weighted by Gasteiger charge is 2.41. The van der Waals surface area contributed by atoms with Gasteiger partial charge in [0.1, 0.15) is 11.9 Å². The van der Waals surface area contributed by atoms with Crippen molar-refractivity contribution in [3.8, 4) is 0 Å². The van der Waals surface area contributed by atoms with Crippen LogP contribution in [0.2, 0.25) is 0 Å². The number of hydrogen-bond donors (Lipinski definition) is 2. The molecule has 0 saturated heterocycles. The highest BCUT2D eigenvalue weighted by molar-refractivity contribution is 8.14. The number of nitrogens with zero attached hydrogens (tertiary/aromatic N) is 3. The smallest absolute Gasteiger partial charge is 0.259 e. The van der Waals surface area contributed by atoms with Crippen molar-refractivity contribution >= 4 is 46.2 Å². The second kappa shape index (κ2) is 12.4. The van der Waals surface area contributed by atoms with Crippen LogP contribution in [0.4, 0.5) is 5.69 Å². The molecule has 8 nitrogen and oxygen atoms in total. The maximum Gasteiger partial charge on any atom is 0.259 e. The predicted molar refractivity (Wildman–Crippen MR) is 151 cm³/mol. The average Bonchev–Trinajstić information content (AvgIpc) is 3.28. The Morgan fingerprint density at radius 3 is 2.55 bits per heavy atom. The number of amidine groups is 2. The zero-order valence-electron chi connectivity index (χ0n) is 21.4. The molecule has 2 N–H and O–H groups in total. The number of fused-ring (bicyclic) bond motifs is 3. The summed E-state index contributed by atoms with van der Waals surface area (Å²) in [5, 5.41) is 6.52. The number of amides is 3. The summed E-state index contributed by atoms with van der Waals surface area (Å²) in [4.78, 5) is 49.5. The van der Waals surface area contributed by atoms with Gasteiger partial charge in [-0.25, -0.2) is 9.89 Å². The summed E-state index contributed by atoms with van der Waals surface area (Å²) in [5.74, 6) is 0.387. The highest BCUT2D eigenvalue weighted by Crippen LogP contribution is 2.34. The summed E-state index contributed by atoms with van der Waals surface area (Å²) < 4.78 is 0. The van der Waals surface area contributed by atoms with Gasteiger partial charge in [0, 0.05) is 24.6 Å². The first-order chi connectivity index (χ1) is 18.6. The summed E-state index contributed by atoms with van der Waals surface area (Å²) in [7, 11) is 0. The fourth-order valence-corrected chi connectivity index (χ4v) is 5.89. The van der Waals surface area contributed by atoms with Crippen LogP contribution in [0.5, 0.6) is 0 Å². The van der Waals surface area contributed by atoms with Gasteiger partial charge >= 0.3 is 0 Å². The number of para-hydroxylation sites is 1. The summed E-state index contributed by atoms with van der Waals surface area (Å²) in [6, 6.07) is 17.1. The quantitative estimate of drug-likeness (QED) is 0.511. The fourth-order valence-electron chi connectivity index (χ4n) is 5.08. The molecule has 0 radical (unpaired) electrons. The third kappa shape index (κ3) is 6.32. The number of aliphatic imine (C=N–C) groups is 2. The number of thioether (sulfide) groups is 1. The van der Waals surface area contributed by atoms with Gasteiger partial charge in [-0.1, -0.05) is 73.5 Å².